The van der Waals surface area contributed by atoms with Crippen LogP contribution in [-0.2, 0) is 9.47 Å². The summed E-state index contributed by atoms with van der Waals surface area (Å²) < 4.78 is 35.3. The fourth-order valence-electron chi connectivity index (χ4n) is 1.61. The van der Waals surface area contributed by atoms with Crippen molar-refractivity contribution < 1.29 is 33.0 Å². The number of rotatable bonds is 3. The average Bonchev–Trinajstić information content (AvgIpc) is 2.65. The summed E-state index contributed by atoms with van der Waals surface area (Å²) in [4.78, 5) is 23.6. The molecule has 1 atom stereocenters. The average molecular weight is 310 g/mol. The summed E-state index contributed by atoms with van der Waals surface area (Å²) >= 11 is 0. The van der Waals surface area contributed by atoms with E-state index in [4.69, 9.17) is 4.74 Å². The number of carbonyl (C=O) groups excluding carboxylic acids is 2. The molecule has 9 heteroatoms. The van der Waals surface area contributed by atoms with Crippen molar-refractivity contribution in [3.63, 3.8) is 0 Å². The third-order valence-corrected chi connectivity index (χ3v) is 2.48. The van der Waals surface area contributed by atoms with E-state index in [1.54, 1.807) is 20.8 Å². The summed E-state index contributed by atoms with van der Waals surface area (Å²) in [6.45, 7) is 3.71. The maximum absolute atomic E-state index is 12.9. The lowest BCUT2D eigenvalue weighted by Gasteiger charge is -2.21. The molecule has 2 amide bonds. The maximum atomic E-state index is 12.9. The topological polar surface area (TPSA) is 88.1 Å². The molecule has 0 radical (unpaired) electrons. The molecule has 1 saturated heterocycles. The molecule has 122 valence electrons. The fourth-order valence-corrected chi connectivity index (χ4v) is 1.61. The molecule has 0 aromatic heterocycles. The molecule has 0 unspecified atom stereocenters. The number of likely N-dealkylation sites (tertiary alicyclic amines) is 1. The van der Waals surface area contributed by atoms with Crippen LogP contribution in [0.15, 0.2) is 0 Å². The highest BCUT2D eigenvalue weighted by Gasteiger charge is 2.41. The second-order valence-corrected chi connectivity index (χ2v) is 5.75. The molecule has 1 fully saturated rings. The van der Waals surface area contributed by atoms with E-state index in [1.807, 2.05) is 0 Å². The van der Waals surface area contributed by atoms with Gasteiger partial charge in [0.05, 0.1) is 13.1 Å². The van der Waals surface area contributed by atoms with Crippen LogP contribution in [0.3, 0.4) is 0 Å². The van der Waals surface area contributed by atoms with E-state index < -0.39 is 49.5 Å². The number of nitrogens with one attached hydrogen (secondary N) is 1. The lowest BCUT2D eigenvalue weighted by Crippen LogP contribution is -2.41. The molecule has 0 bridgehead atoms. The fraction of sp³-hybridized carbons (Fsp3) is 0.833. The minimum absolute atomic E-state index is 0.141. The monoisotopic (exact) mass is 310 g/mol. The number of amides is 2. The Bertz CT molecular complexity index is 398. The highest BCUT2D eigenvalue weighted by molar-refractivity contribution is 5.69. The smallest absolute Gasteiger partial charge is 0.412 e. The van der Waals surface area contributed by atoms with Crippen molar-refractivity contribution in [2.45, 2.75) is 45.0 Å². The second-order valence-electron chi connectivity index (χ2n) is 5.75. The van der Waals surface area contributed by atoms with Crippen LogP contribution in [0.4, 0.5) is 18.4 Å². The van der Waals surface area contributed by atoms with Crippen LogP contribution >= 0.6 is 0 Å². The van der Waals surface area contributed by atoms with Gasteiger partial charge in [-0.25, -0.2) is 18.4 Å². The van der Waals surface area contributed by atoms with Gasteiger partial charge in [-0.3, -0.25) is 0 Å². The SMILES string of the molecule is CC(C)(C)OC(=O)NC[C@@H](O)OC(=O)N1CCC(F)(F)C1. The van der Waals surface area contributed by atoms with Crippen LogP contribution in [0, 0.1) is 0 Å². The van der Waals surface area contributed by atoms with Gasteiger partial charge in [-0.15, -0.1) is 0 Å². The number of hydrogen-bond acceptors (Lipinski definition) is 5. The first-order chi connectivity index (χ1) is 9.48. The number of aliphatic hydroxyl groups is 1. The van der Waals surface area contributed by atoms with E-state index in [1.165, 1.54) is 0 Å². The summed E-state index contributed by atoms with van der Waals surface area (Å²) in [5, 5.41) is 11.6. The van der Waals surface area contributed by atoms with Gasteiger partial charge in [0.15, 0.2) is 0 Å². The summed E-state index contributed by atoms with van der Waals surface area (Å²) in [5.74, 6) is -2.93. The van der Waals surface area contributed by atoms with Crippen molar-refractivity contribution >= 4 is 12.2 Å². The van der Waals surface area contributed by atoms with Crippen molar-refractivity contribution in [2.24, 2.45) is 0 Å². The van der Waals surface area contributed by atoms with Crippen LogP contribution in [0.25, 0.3) is 0 Å². The predicted molar refractivity (Wildman–Crippen MR) is 67.9 cm³/mol. The molecule has 1 aliphatic heterocycles. The largest absolute Gasteiger partial charge is 0.444 e. The van der Waals surface area contributed by atoms with Crippen LogP contribution in [0.5, 0.6) is 0 Å². The van der Waals surface area contributed by atoms with Crippen molar-refractivity contribution in [3.8, 4) is 0 Å². The first-order valence-corrected chi connectivity index (χ1v) is 6.47. The zero-order valence-corrected chi connectivity index (χ0v) is 12.2. The summed E-state index contributed by atoms with van der Waals surface area (Å²) in [7, 11) is 0. The molecular weight excluding hydrogens is 290 g/mol. The lowest BCUT2D eigenvalue weighted by molar-refractivity contribution is -0.0644. The number of nitrogens with zero attached hydrogens (tertiary/aromatic N) is 1. The van der Waals surface area contributed by atoms with E-state index in [-0.39, 0.29) is 6.54 Å². The number of carbonyl (C=O) groups is 2. The Morgan fingerprint density at radius 2 is 2.05 bits per heavy atom. The van der Waals surface area contributed by atoms with E-state index >= 15 is 0 Å². The maximum Gasteiger partial charge on any atom is 0.412 e. The van der Waals surface area contributed by atoms with Crippen molar-refractivity contribution in [3.05, 3.63) is 0 Å². The van der Waals surface area contributed by atoms with Gasteiger partial charge >= 0.3 is 12.2 Å². The molecule has 1 heterocycles. The van der Waals surface area contributed by atoms with Crippen LogP contribution < -0.4 is 5.32 Å². The van der Waals surface area contributed by atoms with Crippen molar-refractivity contribution in [1.29, 1.82) is 0 Å². The van der Waals surface area contributed by atoms with Gasteiger partial charge in [-0.2, -0.15) is 0 Å². The number of alkyl carbamates (subject to hydrolysis) is 1. The zero-order chi connectivity index (χ0) is 16.3. The van der Waals surface area contributed by atoms with Gasteiger partial charge in [-0.05, 0) is 20.8 Å². The molecule has 2 N–H and O–H groups in total. The number of alkyl halides is 2. The molecule has 0 saturated carbocycles. The number of ether oxygens (including phenoxy) is 2. The molecule has 21 heavy (non-hydrogen) atoms. The first kappa shape index (κ1) is 17.4. The number of halogens is 2. The Hall–Kier alpha value is -1.64. The molecular formula is C12H20F2N2O5. The molecule has 0 spiro atoms. The third-order valence-electron chi connectivity index (χ3n) is 2.48. The Balaban J connectivity index is 2.29. The van der Waals surface area contributed by atoms with Crippen molar-refractivity contribution in [2.75, 3.05) is 19.6 Å². The molecule has 0 aromatic carbocycles. The summed E-state index contributed by atoms with van der Waals surface area (Å²) in [6.07, 6.45) is -3.91. The second kappa shape index (κ2) is 6.42. The third kappa shape index (κ3) is 6.56. The van der Waals surface area contributed by atoms with Gasteiger partial charge < -0.3 is 24.8 Å². The van der Waals surface area contributed by atoms with E-state index in [2.05, 4.69) is 10.1 Å². The first-order valence-electron chi connectivity index (χ1n) is 6.47. The quantitative estimate of drug-likeness (QED) is 0.767. The van der Waals surface area contributed by atoms with Gasteiger partial charge in [0.25, 0.3) is 5.92 Å². The molecule has 0 aromatic rings. The van der Waals surface area contributed by atoms with E-state index in [0.29, 0.717) is 0 Å². The van der Waals surface area contributed by atoms with Crippen LogP contribution in [0.1, 0.15) is 27.2 Å². The van der Waals surface area contributed by atoms with Crippen molar-refractivity contribution in [1.82, 2.24) is 10.2 Å². The lowest BCUT2D eigenvalue weighted by atomic mass is 10.2. The van der Waals surface area contributed by atoms with Gasteiger partial charge in [-0.1, -0.05) is 0 Å². The summed E-state index contributed by atoms with van der Waals surface area (Å²) in [5.41, 5.74) is -0.702. The Morgan fingerprint density at radius 1 is 1.43 bits per heavy atom. The highest BCUT2D eigenvalue weighted by atomic mass is 19.3. The summed E-state index contributed by atoms with van der Waals surface area (Å²) in [6, 6.07) is 0. The Kier molecular flexibility index (Phi) is 5.32. The molecule has 0 aliphatic carbocycles. The predicted octanol–water partition coefficient (Wildman–Crippen LogP) is 1.31. The van der Waals surface area contributed by atoms with Gasteiger partial charge in [0.2, 0.25) is 6.29 Å². The van der Waals surface area contributed by atoms with Gasteiger partial charge in [0.1, 0.15) is 5.60 Å². The standard InChI is InChI=1S/C12H20F2N2O5/c1-11(2,3)21-9(18)15-6-8(17)20-10(19)16-5-4-12(13,14)7-16/h8,17H,4-7H2,1-3H3,(H,15,18)/t8-/m0/s1. The zero-order valence-electron chi connectivity index (χ0n) is 12.2. The van der Waals surface area contributed by atoms with Crippen LogP contribution in [0.2, 0.25) is 0 Å². The molecule has 7 nitrogen and oxygen atoms in total. The normalized spacial score (nSPS) is 19.0. The molecule has 1 rings (SSSR count). The number of hydrogen-bond donors (Lipinski definition) is 2. The van der Waals surface area contributed by atoms with Gasteiger partial charge in [0, 0.05) is 13.0 Å². The number of aliphatic hydroxyl groups excluding tert-OH is 1. The Morgan fingerprint density at radius 3 is 2.52 bits per heavy atom. The van der Waals surface area contributed by atoms with E-state index in [9.17, 15) is 23.5 Å². The Labute approximate surface area is 121 Å². The minimum atomic E-state index is -2.93. The van der Waals surface area contributed by atoms with Crippen LogP contribution in [-0.4, -0.2) is 59.6 Å². The van der Waals surface area contributed by atoms with E-state index in [0.717, 1.165) is 4.90 Å². The minimum Gasteiger partial charge on any atom is -0.444 e. The highest BCUT2D eigenvalue weighted by Crippen LogP contribution is 2.27. The molecule has 1 aliphatic rings.